The summed E-state index contributed by atoms with van der Waals surface area (Å²) in [5, 5.41) is 10.9. The van der Waals surface area contributed by atoms with Crippen molar-refractivity contribution in [1.82, 2.24) is 35.5 Å². The topological polar surface area (TPSA) is 108 Å². The van der Waals surface area contributed by atoms with Crippen molar-refractivity contribution < 1.29 is 4.42 Å². The van der Waals surface area contributed by atoms with Gasteiger partial charge in [-0.15, -0.1) is 0 Å². The normalized spacial score (nSPS) is 11.5. The van der Waals surface area contributed by atoms with Gasteiger partial charge in [-0.05, 0) is 42.4 Å². The molecule has 3 N–H and O–H groups in total. The van der Waals surface area contributed by atoms with E-state index < -0.39 is 0 Å². The molecule has 162 valence electrons. The van der Waals surface area contributed by atoms with Crippen LogP contribution >= 0.6 is 0 Å². The number of para-hydroxylation sites is 1. The molecule has 0 radical (unpaired) electrons. The van der Waals surface area contributed by atoms with Crippen molar-refractivity contribution in [3.8, 4) is 33.9 Å². The monoisotopic (exact) mass is 435 g/mol. The van der Waals surface area contributed by atoms with E-state index in [1.807, 2.05) is 48.8 Å². The number of nitrogens with zero attached hydrogens (tertiary/aromatic N) is 4. The number of hydrogen-bond acceptors (Lipinski definition) is 6. The highest BCUT2D eigenvalue weighted by Gasteiger charge is 2.17. The largest absolute Gasteiger partial charge is 0.472 e. The van der Waals surface area contributed by atoms with Gasteiger partial charge in [0.1, 0.15) is 5.52 Å². The predicted molar refractivity (Wildman–Crippen MR) is 127 cm³/mol. The van der Waals surface area contributed by atoms with E-state index in [2.05, 4.69) is 38.5 Å². The number of aromatic amines is 2. The molecule has 1 aromatic carbocycles. The van der Waals surface area contributed by atoms with Crippen molar-refractivity contribution in [3.63, 3.8) is 0 Å². The second-order valence-corrected chi connectivity index (χ2v) is 7.83. The van der Waals surface area contributed by atoms with Crippen LogP contribution in [0.4, 0.5) is 0 Å². The van der Waals surface area contributed by atoms with Crippen molar-refractivity contribution in [2.24, 2.45) is 0 Å². The van der Waals surface area contributed by atoms with Gasteiger partial charge in [-0.25, -0.2) is 9.97 Å². The van der Waals surface area contributed by atoms with Gasteiger partial charge < -0.3 is 14.7 Å². The molecule has 0 saturated carbocycles. The average molecular weight is 435 g/mol. The second-order valence-electron chi connectivity index (χ2n) is 7.83. The van der Waals surface area contributed by atoms with Gasteiger partial charge in [0.25, 0.3) is 0 Å². The summed E-state index contributed by atoms with van der Waals surface area (Å²) >= 11 is 0. The van der Waals surface area contributed by atoms with Gasteiger partial charge >= 0.3 is 0 Å². The van der Waals surface area contributed by atoms with E-state index in [4.69, 9.17) is 14.4 Å². The molecule has 0 aliphatic carbocycles. The maximum absolute atomic E-state index is 5.27. The van der Waals surface area contributed by atoms with Crippen molar-refractivity contribution in [2.45, 2.75) is 13.5 Å². The second kappa shape index (κ2) is 7.99. The summed E-state index contributed by atoms with van der Waals surface area (Å²) in [7, 11) is 0. The summed E-state index contributed by atoms with van der Waals surface area (Å²) in [6, 6.07) is 14.0. The molecule has 0 spiro atoms. The van der Waals surface area contributed by atoms with E-state index in [9.17, 15) is 0 Å². The molecule has 6 aromatic rings. The van der Waals surface area contributed by atoms with E-state index in [-0.39, 0.29) is 0 Å². The van der Waals surface area contributed by atoms with Crippen molar-refractivity contribution in [1.29, 1.82) is 0 Å². The Morgan fingerprint density at radius 2 is 1.94 bits per heavy atom. The lowest BCUT2D eigenvalue weighted by atomic mass is 10.1. The lowest BCUT2D eigenvalue weighted by Gasteiger charge is -2.05. The Balaban J connectivity index is 1.44. The minimum atomic E-state index is 0.663. The third-order valence-corrected chi connectivity index (χ3v) is 5.65. The molecule has 5 heterocycles. The standard InChI is InChI=1S/C25H21N7O/c1-2-26-11-15-10-17(13-27-12-15)19-6-7-21-23(28-19)24(32-31-21)25-29-20-5-3-4-18(22(20)30-25)16-8-9-33-14-16/h3-10,12-14,26H,2,11H2,1H3,(H,29,30)(H,31,32). The van der Waals surface area contributed by atoms with Crippen LogP contribution < -0.4 is 5.32 Å². The number of aromatic nitrogens is 6. The molecule has 0 fully saturated rings. The zero-order valence-electron chi connectivity index (χ0n) is 18.0. The number of H-pyrrole nitrogens is 2. The van der Waals surface area contributed by atoms with Crippen LogP contribution in [0, 0.1) is 0 Å². The van der Waals surface area contributed by atoms with Crippen molar-refractivity contribution >= 4 is 22.1 Å². The molecular formula is C25H21N7O. The van der Waals surface area contributed by atoms with Crippen LogP contribution in [0.15, 0.2) is 71.8 Å². The zero-order valence-corrected chi connectivity index (χ0v) is 18.0. The van der Waals surface area contributed by atoms with Crippen molar-refractivity contribution in [2.75, 3.05) is 6.54 Å². The summed E-state index contributed by atoms with van der Waals surface area (Å²) in [5.41, 5.74) is 8.98. The minimum absolute atomic E-state index is 0.663. The number of fused-ring (bicyclic) bond motifs is 2. The fourth-order valence-electron chi connectivity index (χ4n) is 4.01. The van der Waals surface area contributed by atoms with Crippen LogP contribution in [0.3, 0.4) is 0 Å². The van der Waals surface area contributed by atoms with Crippen LogP contribution in [0.5, 0.6) is 0 Å². The van der Waals surface area contributed by atoms with Gasteiger partial charge in [0.15, 0.2) is 11.5 Å². The van der Waals surface area contributed by atoms with Gasteiger partial charge in [-0.1, -0.05) is 19.1 Å². The predicted octanol–water partition coefficient (Wildman–Crippen LogP) is 4.93. The molecule has 0 unspecified atom stereocenters. The molecule has 5 aromatic heterocycles. The number of rotatable bonds is 6. The number of pyridine rings is 2. The van der Waals surface area contributed by atoms with Crippen LogP contribution in [0.1, 0.15) is 12.5 Å². The molecular weight excluding hydrogens is 414 g/mol. The van der Waals surface area contributed by atoms with Gasteiger partial charge in [0, 0.05) is 35.6 Å². The fourth-order valence-corrected chi connectivity index (χ4v) is 4.01. The Labute approximate surface area is 189 Å². The van der Waals surface area contributed by atoms with Crippen molar-refractivity contribution in [3.05, 3.63) is 72.9 Å². The Kier molecular flexibility index (Phi) is 4.70. The Morgan fingerprint density at radius 3 is 2.82 bits per heavy atom. The lowest BCUT2D eigenvalue weighted by molar-refractivity contribution is 0.568. The summed E-state index contributed by atoms with van der Waals surface area (Å²) in [6.07, 6.45) is 7.09. The number of imidazole rings is 1. The summed E-state index contributed by atoms with van der Waals surface area (Å²) in [5.74, 6) is 0.663. The van der Waals surface area contributed by atoms with Gasteiger partial charge in [-0.3, -0.25) is 10.1 Å². The summed E-state index contributed by atoms with van der Waals surface area (Å²) in [4.78, 5) is 17.6. The molecule has 8 heteroatoms. The highest BCUT2D eigenvalue weighted by Crippen LogP contribution is 2.32. The average Bonchev–Trinajstić information content (AvgIpc) is 3.61. The van der Waals surface area contributed by atoms with E-state index in [0.717, 1.165) is 63.1 Å². The molecule has 0 bridgehead atoms. The van der Waals surface area contributed by atoms with Crippen LogP contribution in [-0.2, 0) is 6.54 Å². The Bertz CT molecular complexity index is 1560. The molecule has 8 nitrogen and oxygen atoms in total. The maximum Gasteiger partial charge on any atom is 0.161 e. The molecule has 0 amide bonds. The van der Waals surface area contributed by atoms with E-state index >= 15 is 0 Å². The molecule has 0 aliphatic heterocycles. The molecule has 0 saturated heterocycles. The first-order valence-electron chi connectivity index (χ1n) is 10.8. The first-order valence-corrected chi connectivity index (χ1v) is 10.8. The lowest BCUT2D eigenvalue weighted by Crippen LogP contribution is -2.11. The van der Waals surface area contributed by atoms with Gasteiger partial charge in [-0.2, -0.15) is 5.10 Å². The fraction of sp³-hybridized carbons (Fsp3) is 0.120. The Hall–Kier alpha value is -4.30. The number of benzene rings is 1. The first kappa shape index (κ1) is 19.4. The van der Waals surface area contributed by atoms with Crippen LogP contribution in [-0.4, -0.2) is 36.7 Å². The van der Waals surface area contributed by atoms with Crippen LogP contribution in [0.25, 0.3) is 56.0 Å². The molecule has 0 aliphatic rings. The Morgan fingerprint density at radius 1 is 0.970 bits per heavy atom. The minimum Gasteiger partial charge on any atom is -0.472 e. The van der Waals surface area contributed by atoms with Crippen LogP contribution in [0.2, 0.25) is 0 Å². The zero-order chi connectivity index (χ0) is 22.2. The maximum atomic E-state index is 5.27. The third kappa shape index (κ3) is 3.46. The van der Waals surface area contributed by atoms with E-state index in [0.29, 0.717) is 11.5 Å². The number of nitrogens with one attached hydrogen (secondary N) is 3. The van der Waals surface area contributed by atoms with Gasteiger partial charge in [0.05, 0.1) is 34.8 Å². The summed E-state index contributed by atoms with van der Waals surface area (Å²) < 4.78 is 5.27. The third-order valence-electron chi connectivity index (χ3n) is 5.65. The van der Waals surface area contributed by atoms with E-state index in [1.165, 1.54) is 0 Å². The summed E-state index contributed by atoms with van der Waals surface area (Å²) in [6.45, 7) is 3.77. The SMILES string of the molecule is CCNCc1cncc(-c2ccc3[nH]nc(-c4nc5c(-c6ccoc6)cccc5[nH]4)c3n2)c1. The molecule has 33 heavy (non-hydrogen) atoms. The first-order chi connectivity index (χ1) is 16.3. The highest BCUT2D eigenvalue weighted by atomic mass is 16.3. The van der Waals surface area contributed by atoms with E-state index in [1.54, 1.807) is 12.5 Å². The number of furan rings is 1. The molecule has 6 rings (SSSR count). The highest BCUT2D eigenvalue weighted by molar-refractivity contribution is 5.96. The van der Waals surface area contributed by atoms with Gasteiger partial charge in [0.2, 0.25) is 0 Å². The molecule has 0 atom stereocenters. The number of hydrogen-bond donors (Lipinski definition) is 3. The quantitative estimate of drug-likeness (QED) is 0.342. The smallest absolute Gasteiger partial charge is 0.161 e.